The summed E-state index contributed by atoms with van der Waals surface area (Å²) in [5.41, 5.74) is 0. The van der Waals surface area contributed by atoms with Gasteiger partial charge < -0.3 is 9.73 Å². The van der Waals surface area contributed by atoms with Crippen LogP contribution in [0.2, 0.25) is 10.0 Å². The Labute approximate surface area is 131 Å². The standard InChI is InChI=1S/C14H13Cl2NO2S/c1-9(14(18)17-8-10-4-3-7-19-10)20-13-11(15)5-2-6-12(13)16/h2-7,9H,8H2,1H3,(H,17,18)/t9-/m1/s1. The monoisotopic (exact) mass is 329 g/mol. The molecule has 1 heterocycles. The lowest BCUT2D eigenvalue weighted by Crippen LogP contribution is -2.30. The maximum absolute atomic E-state index is 12.0. The molecule has 0 aliphatic carbocycles. The summed E-state index contributed by atoms with van der Waals surface area (Å²) in [6, 6.07) is 8.87. The molecule has 0 spiro atoms. The van der Waals surface area contributed by atoms with Crippen LogP contribution in [0.25, 0.3) is 0 Å². The molecule has 0 fully saturated rings. The van der Waals surface area contributed by atoms with Crippen LogP contribution in [0.4, 0.5) is 0 Å². The Kier molecular flexibility index (Phi) is 5.40. The van der Waals surface area contributed by atoms with Gasteiger partial charge in [-0.2, -0.15) is 0 Å². The third-order valence-corrected chi connectivity index (χ3v) is 4.70. The number of benzene rings is 1. The molecule has 0 saturated heterocycles. The predicted octanol–water partition coefficient (Wildman–Crippen LogP) is 4.38. The molecule has 0 radical (unpaired) electrons. The quantitative estimate of drug-likeness (QED) is 0.827. The Bertz CT molecular complexity index is 567. The molecule has 0 aliphatic rings. The van der Waals surface area contributed by atoms with Crippen LogP contribution >= 0.6 is 35.0 Å². The van der Waals surface area contributed by atoms with E-state index in [4.69, 9.17) is 27.6 Å². The maximum Gasteiger partial charge on any atom is 0.233 e. The van der Waals surface area contributed by atoms with E-state index in [-0.39, 0.29) is 11.2 Å². The van der Waals surface area contributed by atoms with E-state index in [0.29, 0.717) is 22.4 Å². The molecule has 6 heteroatoms. The summed E-state index contributed by atoms with van der Waals surface area (Å²) < 4.78 is 5.16. The fourth-order valence-corrected chi connectivity index (χ4v) is 3.13. The molecule has 1 atom stereocenters. The Balaban J connectivity index is 1.94. The Morgan fingerprint density at radius 1 is 1.30 bits per heavy atom. The number of nitrogens with one attached hydrogen (secondary N) is 1. The van der Waals surface area contributed by atoms with E-state index in [9.17, 15) is 4.79 Å². The van der Waals surface area contributed by atoms with Gasteiger partial charge in [-0.25, -0.2) is 0 Å². The van der Waals surface area contributed by atoms with Crippen molar-refractivity contribution in [2.45, 2.75) is 23.6 Å². The number of thioether (sulfide) groups is 1. The number of carbonyl (C=O) groups is 1. The molecule has 0 saturated carbocycles. The van der Waals surface area contributed by atoms with E-state index in [2.05, 4.69) is 5.32 Å². The molecule has 2 rings (SSSR count). The van der Waals surface area contributed by atoms with Crippen molar-refractivity contribution in [1.29, 1.82) is 0 Å². The molecule has 3 nitrogen and oxygen atoms in total. The largest absolute Gasteiger partial charge is 0.467 e. The smallest absolute Gasteiger partial charge is 0.233 e. The number of hydrogen-bond donors (Lipinski definition) is 1. The van der Waals surface area contributed by atoms with Gasteiger partial charge in [-0.15, -0.1) is 11.8 Å². The highest BCUT2D eigenvalue weighted by atomic mass is 35.5. The highest BCUT2D eigenvalue weighted by Gasteiger charge is 2.17. The average molecular weight is 330 g/mol. The number of amides is 1. The van der Waals surface area contributed by atoms with Gasteiger partial charge in [-0.1, -0.05) is 29.3 Å². The van der Waals surface area contributed by atoms with E-state index in [1.54, 1.807) is 30.5 Å². The van der Waals surface area contributed by atoms with Crippen LogP contribution in [0, 0.1) is 0 Å². The number of furan rings is 1. The molecule has 20 heavy (non-hydrogen) atoms. The highest BCUT2D eigenvalue weighted by Crippen LogP contribution is 2.36. The Hall–Kier alpha value is -1.10. The minimum Gasteiger partial charge on any atom is -0.467 e. The molecule has 1 N–H and O–H groups in total. The summed E-state index contributed by atoms with van der Waals surface area (Å²) in [6.45, 7) is 2.18. The van der Waals surface area contributed by atoms with Gasteiger partial charge in [0.25, 0.3) is 0 Å². The predicted molar refractivity (Wildman–Crippen MR) is 82.3 cm³/mol. The summed E-state index contributed by atoms with van der Waals surface area (Å²) in [5.74, 6) is 0.619. The zero-order valence-electron chi connectivity index (χ0n) is 10.7. The van der Waals surface area contributed by atoms with E-state index in [1.165, 1.54) is 11.8 Å². The third-order valence-electron chi connectivity index (χ3n) is 2.60. The fourth-order valence-electron chi connectivity index (χ4n) is 1.56. The van der Waals surface area contributed by atoms with Crippen molar-refractivity contribution >= 4 is 40.9 Å². The number of halogens is 2. The minimum absolute atomic E-state index is 0.0950. The van der Waals surface area contributed by atoms with E-state index >= 15 is 0 Å². The van der Waals surface area contributed by atoms with Crippen LogP contribution in [0.1, 0.15) is 12.7 Å². The Morgan fingerprint density at radius 3 is 2.60 bits per heavy atom. The molecule has 1 aromatic carbocycles. The molecule has 1 aromatic heterocycles. The van der Waals surface area contributed by atoms with Gasteiger partial charge in [0, 0.05) is 4.90 Å². The molecule has 0 aliphatic heterocycles. The second-order valence-electron chi connectivity index (χ2n) is 4.11. The van der Waals surface area contributed by atoms with E-state index in [0.717, 1.165) is 4.90 Å². The number of hydrogen-bond acceptors (Lipinski definition) is 3. The molecule has 2 aromatic rings. The molecular formula is C14H13Cl2NO2S. The zero-order chi connectivity index (χ0) is 14.5. The first-order valence-corrected chi connectivity index (χ1v) is 7.62. The van der Waals surface area contributed by atoms with Crippen LogP contribution in [-0.4, -0.2) is 11.2 Å². The average Bonchev–Trinajstić information content (AvgIpc) is 2.93. The highest BCUT2D eigenvalue weighted by molar-refractivity contribution is 8.00. The number of carbonyl (C=O) groups excluding carboxylic acids is 1. The van der Waals surface area contributed by atoms with Crippen molar-refractivity contribution in [3.63, 3.8) is 0 Å². The zero-order valence-corrected chi connectivity index (χ0v) is 13.1. The van der Waals surface area contributed by atoms with Gasteiger partial charge in [-0.05, 0) is 31.2 Å². The third kappa shape index (κ3) is 3.95. The topological polar surface area (TPSA) is 42.2 Å². The van der Waals surface area contributed by atoms with Crippen molar-refractivity contribution in [2.75, 3.05) is 0 Å². The molecule has 0 bridgehead atoms. The molecule has 0 unspecified atom stereocenters. The first-order valence-electron chi connectivity index (χ1n) is 5.98. The van der Waals surface area contributed by atoms with Crippen molar-refractivity contribution in [3.8, 4) is 0 Å². The maximum atomic E-state index is 12.0. The summed E-state index contributed by atoms with van der Waals surface area (Å²) in [5, 5.41) is 3.60. The summed E-state index contributed by atoms with van der Waals surface area (Å²) in [4.78, 5) is 12.7. The van der Waals surface area contributed by atoms with Crippen molar-refractivity contribution in [3.05, 3.63) is 52.4 Å². The molecule has 1 amide bonds. The second-order valence-corrected chi connectivity index (χ2v) is 6.27. The van der Waals surface area contributed by atoms with E-state index in [1.807, 2.05) is 13.0 Å². The van der Waals surface area contributed by atoms with Crippen molar-refractivity contribution in [2.24, 2.45) is 0 Å². The molecular weight excluding hydrogens is 317 g/mol. The van der Waals surface area contributed by atoms with Crippen LogP contribution < -0.4 is 5.32 Å². The lowest BCUT2D eigenvalue weighted by molar-refractivity contribution is -0.120. The van der Waals surface area contributed by atoms with Gasteiger partial charge in [0.05, 0.1) is 28.1 Å². The van der Waals surface area contributed by atoms with Gasteiger partial charge in [0.2, 0.25) is 5.91 Å². The van der Waals surface area contributed by atoms with Crippen LogP contribution in [0.3, 0.4) is 0 Å². The van der Waals surface area contributed by atoms with Gasteiger partial charge in [0.15, 0.2) is 0 Å². The fraction of sp³-hybridized carbons (Fsp3) is 0.214. The van der Waals surface area contributed by atoms with Gasteiger partial charge in [-0.3, -0.25) is 4.79 Å². The molecule has 106 valence electrons. The SMILES string of the molecule is C[C@@H](Sc1c(Cl)cccc1Cl)C(=O)NCc1ccco1. The second kappa shape index (κ2) is 7.07. The lowest BCUT2D eigenvalue weighted by atomic mass is 10.4. The van der Waals surface area contributed by atoms with Gasteiger partial charge >= 0.3 is 0 Å². The normalized spacial score (nSPS) is 12.2. The summed E-state index contributed by atoms with van der Waals surface area (Å²) >= 11 is 13.5. The number of rotatable bonds is 5. The summed E-state index contributed by atoms with van der Waals surface area (Å²) in [7, 11) is 0. The first-order chi connectivity index (χ1) is 9.58. The lowest BCUT2D eigenvalue weighted by Gasteiger charge is -2.13. The summed E-state index contributed by atoms with van der Waals surface area (Å²) in [6.07, 6.45) is 1.57. The first kappa shape index (κ1) is 15.3. The minimum atomic E-state index is -0.303. The Morgan fingerprint density at radius 2 is 2.00 bits per heavy atom. The van der Waals surface area contributed by atoms with Crippen molar-refractivity contribution < 1.29 is 9.21 Å². The van der Waals surface area contributed by atoms with Crippen LogP contribution in [0.15, 0.2) is 45.9 Å². The van der Waals surface area contributed by atoms with Gasteiger partial charge in [0.1, 0.15) is 5.76 Å². The van der Waals surface area contributed by atoms with Crippen LogP contribution in [0.5, 0.6) is 0 Å². The van der Waals surface area contributed by atoms with Crippen molar-refractivity contribution in [1.82, 2.24) is 5.32 Å². The van der Waals surface area contributed by atoms with E-state index < -0.39 is 0 Å². The van der Waals surface area contributed by atoms with Crippen LogP contribution in [-0.2, 0) is 11.3 Å².